The quantitative estimate of drug-likeness (QED) is 0.608. The fourth-order valence-electron chi connectivity index (χ4n) is 2.24. The van der Waals surface area contributed by atoms with Crippen LogP contribution in [0.1, 0.15) is 0 Å². The molecule has 0 saturated heterocycles. The zero-order valence-electron chi connectivity index (χ0n) is 12.1. The Morgan fingerprint density at radius 1 is 0.833 bits per heavy atom. The molecular weight excluding hydrogens is 316 g/mol. The Bertz CT molecular complexity index is 1050. The van der Waals surface area contributed by atoms with Crippen molar-refractivity contribution < 1.29 is 13.2 Å². The van der Waals surface area contributed by atoms with Crippen molar-refractivity contribution >= 4 is 16.9 Å². The molecule has 2 heterocycles. The molecule has 0 unspecified atom stereocenters. The summed E-state index contributed by atoms with van der Waals surface area (Å²) < 4.78 is 32.2. The highest BCUT2D eigenvalue weighted by Gasteiger charge is 2.17. The first-order valence-corrected chi connectivity index (χ1v) is 6.93. The van der Waals surface area contributed by atoms with Gasteiger partial charge in [-0.2, -0.15) is 0 Å². The van der Waals surface area contributed by atoms with Crippen LogP contribution < -0.4 is 5.73 Å². The van der Waals surface area contributed by atoms with E-state index in [1.165, 1.54) is 0 Å². The van der Waals surface area contributed by atoms with E-state index in [9.17, 15) is 8.78 Å². The Morgan fingerprint density at radius 3 is 2.17 bits per heavy atom. The maximum absolute atomic E-state index is 13.4. The number of nitrogens with zero attached hydrogens (tertiary/aromatic N) is 4. The van der Waals surface area contributed by atoms with Gasteiger partial charge in [-0.15, -0.1) is 10.2 Å². The molecule has 0 saturated carbocycles. The Balaban J connectivity index is 1.83. The number of hydrogen-bond acceptors (Lipinski definition) is 6. The van der Waals surface area contributed by atoms with Crippen LogP contribution in [0.2, 0.25) is 0 Å². The number of halogens is 2. The maximum Gasteiger partial charge on any atom is 0.270 e. The normalized spacial score (nSPS) is 11.1. The summed E-state index contributed by atoms with van der Waals surface area (Å²) in [7, 11) is 0. The standard InChI is InChI=1S/C16H9F2N5O/c17-9-6-11-12(7-10(9)18)21-14(19)13(20-11)16-23-22-15(24-16)8-4-2-1-3-5-8/h1-7H,(H2,19,21). The number of aromatic nitrogens is 4. The lowest BCUT2D eigenvalue weighted by atomic mass is 10.2. The van der Waals surface area contributed by atoms with E-state index in [0.717, 1.165) is 17.7 Å². The van der Waals surface area contributed by atoms with E-state index in [1.807, 2.05) is 30.3 Å². The molecule has 0 amide bonds. The minimum absolute atomic E-state index is 0.0169. The van der Waals surface area contributed by atoms with Crippen molar-refractivity contribution in [3.8, 4) is 23.0 Å². The predicted octanol–water partition coefficient (Wildman–Crippen LogP) is 3.21. The van der Waals surface area contributed by atoms with E-state index in [0.29, 0.717) is 0 Å². The number of fused-ring (bicyclic) bond motifs is 1. The van der Waals surface area contributed by atoms with Crippen LogP contribution in [0.5, 0.6) is 0 Å². The second-order valence-corrected chi connectivity index (χ2v) is 4.99. The van der Waals surface area contributed by atoms with Crippen molar-refractivity contribution in [2.24, 2.45) is 0 Å². The zero-order valence-corrected chi connectivity index (χ0v) is 12.1. The zero-order chi connectivity index (χ0) is 16.7. The first-order valence-electron chi connectivity index (χ1n) is 6.93. The second kappa shape index (κ2) is 5.34. The summed E-state index contributed by atoms with van der Waals surface area (Å²) in [5.74, 6) is -1.73. The van der Waals surface area contributed by atoms with Gasteiger partial charge in [-0.25, -0.2) is 18.7 Å². The van der Waals surface area contributed by atoms with Gasteiger partial charge in [0.1, 0.15) is 0 Å². The molecule has 118 valence electrons. The molecule has 8 heteroatoms. The lowest BCUT2D eigenvalue weighted by Gasteiger charge is -2.03. The van der Waals surface area contributed by atoms with Gasteiger partial charge in [0.25, 0.3) is 5.89 Å². The first-order chi connectivity index (χ1) is 11.6. The fourth-order valence-corrected chi connectivity index (χ4v) is 2.24. The number of hydrogen-bond donors (Lipinski definition) is 1. The average molecular weight is 325 g/mol. The molecule has 2 aromatic carbocycles. The lowest BCUT2D eigenvalue weighted by Crippen LogP contribution is -2.00. The Morgan fingerprint density at radius 2 is 1.46 bits per heavy atom. The van der Waals surface area contributed by atoms with E-state index >= 15 is 0 Å². The maximum atomic E-state index is 13.4. The van der Waals surface area contributed by atoms with Gasteiger partial charge in [0.15, 0.2) is 23.1 Å². The second-order valence-electron chi connectivity index (χ2n) is 4.99. The summed E-state index contributed by atoms with van der Waals surface area (Å²) in [6.45, 7) is 0. The Kier molecular flexibility index (Phi) is 3.16. The smallest absolute Gasteiger partial charge is 0.270 e. The van der Waals surface area contributed by atoms with Crippen molar-refractivity contribution in [1.29, 1.82) is 0 Å². The van der Waals surface area contributed by atoms with Crippen molar-refractivity contribution in [1.82, 2.24) is 20.2 Å². The monoisotopic (exact) mass is 325 g/mol. The molecule has 0 aliphatic heterocycles. The van der Waals surface area contributed by atoms with Gasteiger partial charge >= 0.3 is 0 Å². The lowest BCUT2D eigenvalue weighted by molar-refractivity contribution is 0.510. The topological polar surface area (TPSA) is 90.7 Å². The highest BCUT2D eigenvalue weighted by molar-refractivity contribution is 5.80. The molecular formula is C16H9F2N5O. The molecule has 0 fully saturated rings. The summed E-state index contributed by atoms with van der Waals surface area (Å²) in [5.41, 5.74) is 6.96. The van der Waals surface area contributed by atoms with Crippen molar-refractivity contribution in [3.05, 3.63) is 54.1 Å². The first kappa shape index (κ1) is 14.2. The third-order valence-electron chi connectivity index (χ3n) is 3.38. The summed E-state index contributed by atoms with van der Waals surface area (Å²) in [6.07, 6.45) is 0. The van der Waals surface area contributed by atoms with Crippen LogP contribution in [0.25, 0.3) is 34.1 Å². The van der Waals surface area contributed by atoms with E-state index in [1.54, 1.807) is 0 Å². The third-order valence-corrected chi connectivity index (χ3v) is 3.38. The molecule has 0 aliphatic carbocycles. The van der Waals surface area contributed by atoms with Crippen LogP contribution in [0, 0.1) is 11.6 Å². The van der Waals surface area contributed by atoms with Gasteiger partial charge in [0.05, 0.1) is 11.0 Å². The number of nitrogens with two attached hydrogens (primary N) is 1. The summed E-state index contributed by atoms with van der Waals surface area (Å²) in [4.78, 5) is 8.18. The van der Waals surface area contributed by atoms with Gasteiger partial charge < -0.3 is 10.2 Å². The van der Waals surface area contributed by atoms with E-state index in [-0.39, 0.29) is 34.3 Å². The highest BCUT2D eigenvalue weighted by Crippen LogP contribution is 2.27. The number of nitrogen functional groups attached to an aromatic ring is 1. The molecule has 6 nitrogen and oxygen atoms in total. The molecule has 0 spiro atoms. The minimum Gasteiger partial charge on any atom is -0.414 e. The summed E-state index contributed by atoms with van der Waals surface area (Å²) in [6, 6.07) is 11.0. The van der Waals surface area contributed by atoms with Crippen LogP contribution in [-0.2, 0) is 0 Å². The van der Waals surface area contributed by atoms with Gasteiger partial charge in [-0.1, -0.05) is 18.2 Å². The van der Waals surface area contributed by atoms with Crippen molar-refractivity contribution in [3.63, 3.8) is 0 Å². The van der Waals surface area contributed by atoms with Gasteiger partial charge in [0, 0.05) is 17.7 Å². The van der Waals surface area contributed by atoms with Crippen LogP contribution >= 0.6 is 0 Å². The van der Waals surface area contributed by atoms with E-state index in [4.69, 9.17) is 10.2 Å². The van der Waals surface area contributed by atoms with Crippen molar-refractivity contribution in [2.45, 2.75) is 0 Å². The molecule has 0 bridgehead atoms. The number of benzene rings is 2. The molecule has 4 rings (SSSR count). The van der Waals surface area contributed by atoms with Crippen molar-refractivity contribution in [2.75, 3.05) is 5.73 Å². The highest BCUT2D eigenvalue weighted by atomic mass is 19.2. The Hall–Kier alpha value is -3.42. The summed E-state index contributed by atoms with van der Waals surface area (Å²) >= 11 is 0. The average Bonchev–Trinajstić information content (AvgIpc) is 3.06. The van der Waals surface area contributed by atoms with Crippen LogP contribution in [0.15, 0.2) is 46.9 Å². The van der Waals surface area contributed by atoms with E-state index in [2.05, 4.69) is 20.2 Å². The van der Waals surface area contributed by atoms with Crippen LogP contribution in [0.4, 0.5) is 14.6 Å². The number of rotatable bonds is 2. The molecule has 24 heavy (non-hydrogen) atoms. The molecule has 0 atom stereocenters. The Labute approximate surface area is 134 Å². The minimum atomic E-state index is -1.02. The van der Waals surface area contributed by atoms with Gasteiger partial charge in [0.2, 0.25) is 5.89 Å². The summed E-state index contributed by atoms with van der Waals surface area (Å²) in [5, 5.41) is 7.85. The van der Waals surface area contributed by atoms with Gasteiger partial charge in [-0.3, -0.25) is 0 Å². The fraction of sp³-hybridized carbons (Fsp3) is 0. The molecule has 2 N–H and O–H groups in total. The molecule has 0 radical (unpaired) electrons. The largest absolute Gasteiger partial charge is 0.414 e. The predicted molar refractivity (Wildman–Crippen MR) is 82.6 cm³/mol. The molecule has 4 aromatic rings. The van der Waals surface area contributed by atoms with Crippen LogP contribution in [-0.4, -0.2) is 20.2 Å². The molecule has 0 aliphatic rings. The van der Waals surface area contributed by atoms with E-state index < -0.39 is 11.6 Å². The van der Waals surface area contributed by atoms with Gasteiger partial charge in [-0.05, 0) is 12.1 Å². The molecule has 2 aromatic heterocycles. The number of anilines is 1. The van der Waals surface area contributed by atoms with Crippen LogP contribution in [0.3, 0.4) is 0 Å². The SMILES string of the molecule is Nc1nc2cc(F)c(F)cc2nc1-c1nnc(-c2ccccc2)o1. The third kappa shape index (κ3) is 2.34.